The van der Waals surface area contributed by atoms with Crippen LogP contribution in [0, 0.1) is 0 Å². The highest BCUT2D eigenvalue weighted by atomic mass is 16.3. The monoisotopic (exact) mass is 716 g/mol. The molecule has 0 aliphatic carbocycles. The Labute approximate surface area is 322 Å². The second kappa shape index (κ2) is 13.0. The highest BCUT2D eigenvalue weighted by molar-refractivity contribution is 6.13. The van der Waals surface area contributed by atoms with Crippen molar-refractivity contribution in [3.8, 4) is 62.1 Å². The fourth-order valence-electron chi connectivity index (χ4n) is 8.03. The summed E-state index contributed by atoms with van der Waals surface area (Å²) >= 11 is 0. The van der Waals surface area contributed by atoms with Gasteiger partial charge in [-0.15, -0.1) is 0 Å². The molecule has 5 nitrogen and oxygen atoms in total. The van der Waals surface area contributed by atoms with Gasteiger partial charge in [-0.1, -0.05) is 146 Å². The van der Waals surface area contributed by atoms with Gasteiger partial charge >= 0.3 is 0 Å². The van der Waals surface area contributed by atoms with Crippen LogP contribution >= 0.6 is 0 Å². The summed E-state index contributed by atoms with van der Waals surface area (Å²) in [6, 6.07) is 67.6. The molecule has 0 unspecified atom stereocenters. The topological polar surface area (TPSA) is 56.7 Å². The first-order valence-corrected chi connectivity index (χ1v) is 18.8. The van der Waals surface area contributed by atoms with Crippen molar-refractivity contribution >= 4 is 43.7 Å². The van der Waals surface area contributed by atoms with Crippen LogP contribution in [0.2, 0.25) is 0 Å². The number of hydrogen-bond acceptors (Lipinski definition) is 4. The maximum atomic E-state index is 6.24. The zero-order valence-electron chi connectivity index (χ0n) is 30.2. The molecule has 8 aromatic carbocycles. The molecule has 0 aliphatic heterocycles. The Bertz CT molecular complexity index is 3200. The summed E-state index contributed by atoms with van der Waals surface area (Å²) < 4.78 is 8.62. The highest BCUT2D eigenvalue weighted by Crippen LogP contribution is 2.39. The van der Waals surface area contributed by atoms with Crippen LogP contribution in [0.4, 0.5) is 0 Å². The number of para-hydroxylation sites is 2. The van der Waals surface area contributed by atoms with Crippen molar-refractivity contribution < 1.29 is 4.42 Å². The van der Waals surface area contributed by atoms with Crippen LogP contribution in [-0.4, -0.2) is 19.5 Å². The van der Waals surface area contributed by atoms with Gasteiger partial charge in [0.25, 0.3) is 0 Å². The number of benzene rings is 8. The molecular weight excluding hydrogens is 685 g/mol. The molecule has 5 heteroatoms. The van der Waals surface area contributed by atoms with E-state index in [0.29, 0.717) is 17.5 Å². The molecule has 3 aromatic heterocycles. The van der Waals surface area contributed by atoms with Crippen LogP contribution in [0.1, 0.15) is 0 Å². The smallest absolute Gasteiger partial charge is 0.164 e. The van der Waals surface area contributed by atoms with Crippen molar-refractivity contribution in [3.05, 3.63) is 194 Å². The molecule has 0 fully saturated rings. The Hall–Kier alpha value is -7.63. The average molecular weight is 717 g/mol. The van der Waals surface area contributed by atoms with Crippen molar-refractivity contribution in [2.45, 2.75) is 0 Å². The third-order valence-corrected chi connectivity index (χ3v) is 10.6. The normalized spacial score (nSPS) is 11.6. The molecule has 3 heterocycles. The van der Waals surface area contributed by atoms with Crippen molar-refractivity contribution in [1.29, 1.82) is 0 Å². The molecule has 11 aromatic rings. The Morgan fingerprint density at radius 1 is 0.339 bits per heavy atom. The summed E-state index contributed by atoms with van der Waals surface area (Å²) in [6.07, 6.45) is 0. The van der Waals surface area contributed by atoms with E-state index in [9.17, 15) is 0 Å². The average Bonchev–Trinajstić information content (AvgIpc) is 3.83. The standard InChI is InChI=1S/C51H32N4O/c1-3-14-33(15-4-1)49-52-50(34-16-5-2-6-17-34)54-51(53-49)38-20-11-18-35(30-38)36-28-29-45-43(32-36)41-22-7-9-25-44(41)55(45)39-21-12-19-37(31-39)40-24-13-27-47-48(40)42-23-8-10-26-46(42)56-47/h1-32H. The number of rotatable bonds is 6. The number of hydrogen-bond donors (Lipinski definition) is 0. The summed E-state index contributed by atoms with van der Waals surface area (Å²) in [4.78, 5) is 14.9. The summed E-state index contributed by atoms with van der Waals surface area (Å²) in [5.41, 5.74) is 12.5. The Morgan fingerprint density at radius 3 is 1.68 bits per heavy atom. The van der Waals surface area contributed by atoms with Crippen LogP contribution in [0.25, 0.3) is 106 Å². The van der Waals surface area contributed by atoms with E-state index < -0.39 is 0 Å². The van der Waals surface area contributed by atoms with Gasteiger partial charge in [-0.3, -0.25) is 0 Å². The molecule has 0 spiro atoms. The maximum Gasteiger partial charge on any atom is 0.164 e. The van der Waals surface area contributed by atoms with Gasteiger partial charge in [0, 0.05) is 43.9 Å². The summed E-state index contributed by atoms with van der Waals surface area (Å²) in [7, 11) is 0. The number of fused-ring (bicyclic) bond motifs is 6. The molecule has 0 N–H and O–H groups in total. The molecular formula is C51H32N4O. The van der Waals surface area contributed by atoms with Crippen LogP contribution in [-0.2, 0) is 0 Å². The van der Waals surface area contributed by atoms with E-state index in [1.54, 1.807) is 0 Å². The van der Waals surface area contributed by atoms with E-state index in [1.807, 2.05) is 72.8 Å². The first-order valence-electron chi connectivity index (χ1n) is 18.8. The first kappa shape index (κ1) is 31.9. The van der Waals surface area contributed by atoms with E-state index in [1.165, 1.54) is 10.8 Å². The SMILES string of the molecule is c1ccc(-c2nc(-c3ccccc3)nc(-c3cccc(-c4ccc5c(c4)c4ccccc4n5-c4cccc(-c5cccc6oc7ccccc7c56)c4)c3)n2)cc1. The van der Waals surface area contributed by atoms with E-state index in [2.05, 4.69) is 126 Å². The second-order valence-electron chi connectivity index (χ2n) is 14.0. The van der Waals surface area contributed by atoms with Gasteiger partial charge in [-0.2, -0.15) is 0 Å². The van der Waals surface area contributed by atoms with Gasteiger partial charge in [0.15, 0.2) is 17.5 Å². The minimum atomic E-state index is 0.635. The van der Waals surface area contributed by atoms with Crippen LogP contribution in [0.3, 0.4) is 0 Å². The summed E-state index contributed by atoms with van der Waals surface area (Å²) in [5, 5.41) is 4.65. The second-order valence-corrected chi connectivity index (χ2v) is 14.0. The number of furan rings is 1. The van der Waals surface area contributed by atoms with Gasteiger partial charge < -0.3 is 8.98 Å². The van der Waals surface area contributed by atoms with E-state index in [-0.39, 0.29) is 0 Å². The maximum absolute atomic E-state index is 6.24. The van der Waals surface area contributed by atoms with Crippen molar-refractivity contribution in [1.82, 2.24) is 19.5 Å². The fraction of sp³-hybridized carbons (Fsp3) is 0. The molecule has 262 valence electrons. The van der Waals surface area contributed by atoms with Crippen molar-refractivity contribution in [2.24, 2.45) is 0 Å². The zero-order valence-corrected chi connectivity index (χ0v) is 30.2. The zero-order chi connectivity index (χ0) is 37.0. The minimum Gasteiger partial charge on any atom is -0.456 e. The lowest BCUT2D eigenvalue weighted by Gasteiger charge is -2.12. The minimum absolute atomic E-state index is 0.635. The number of aromatic nitrogens is 4. The Morgan fingerprint density at radius 2 is 0.893 bits per heavy atom. The van der Waals surface area contributed by atoms with Crippen LogP contribution in [0.15, 0.2) is 199 Å². The van der Waals surface area contributed by atoms with Gasteiger partial charge in [0.1, 0.15) is 11.2 Å². The molecule has 0 amide bonds. The predicted octanol–water partition coefficient (Wildman–Crippen LogP) is 13.2. The van der Waals surface area contributed by atoms with Gasteiger partial charge in [-0.25, -0.2) is 15.0 Å². The lowest BCUT2D eigenvalue weighted by molar-refractivity contribution is 0.669. The lowest BCUT2D eigenvalue weighted by atomic mass is 9.99. The van der Waals surface area contributed by atoms with Gasteiger partial charge in [-0.05, 0) is 70.8 Å². The fourth-order valence-corrected chi connectivity index (χ4v) is 8.03. The van der Waals surface area contributed by atoms with E-state index >= 15 is 0 Å². The molecule has 56 heavy (non-hydrogen) atoms. The molecule has 0 aliphatic rings. The molecule has 0 saturated carbocycles. The summed E-state index contributed by atoms with van der Waals surface area (Å²) in [6.45, 7) is 0. The molecule has 11 rings (SSSR count). The lowest BCUT2D eigenvalue weighted by Crippen LogP contribution is -2.00. The Balaban J connectivity index is 1.02. The van der Waals surface area contributed by atoms with Crippen molar-refractivity contribution in [2.75, 3.05) is 0 Å². The quantitative estimate of drug-likeness (QED) is 0.172. The van der Waals surface area contributed by atoms with E-state index in [4.69, 9.17) is 19.4 Å². The van der Waals surface area contributed by atoms with Gasteiger partial charge in [0.05, 0.1) is 11.0 Å². The number of nitrogens with zero attached hydrogens (tertiary/aromatic N) is 4. The highest BCUT2D eigenvalue weighted by Gasteiger charge is 2.17. The van der Waals surface area contributed by atoms with Crippen molar-refractivity contribution in [3.63, 3.8) is 0 Å². The predicted molar refractivity (Wildman–Crippen MR) is 229 cm³/mol. The van der Waals surface area contributed by atoms with Crippen LogP contribution in [0.5, 0.6) is 0 Å². The third-order valence-electron chi connectivity index (χ3n) is 10.6. The van der Waals surface area contributed by atoms with Crippen LogP contribution < -0.4 is 0 Å². The molecule has 0 atom stereocenters. The molecule has 0 saturated heterocycles. The Kier molecular flexibility index (Phi) is 7.42. The third kappa shape index (κ3) is 5.37. The molecule has 0 bridgehead atoms. The summed E-state index contributed by atoms with van der Waals surface area (Å²) in [5.74, 6) is 1.93. The van der Waals surface area contributed by atoms with Gasteiger partial charge in [0.2, 0.25) is 0 Å². The first-order chi connectivity index (χ1) is 27.7. The molecule has 0 radical (unpaired) electrons. The van der Waals surface area contributed by atoms with E-state index in [0.717, 1.165) is 77.6 Å². The largest absolute Gasteiger partial charge is 0.456 e.